The molecule has 0 aromatic carbocycles. The number of aromatic nitrogens is 3. The second kappa shape index (κ2) is 5.48. The van der Waals surface area contributed by atoms with Gasteiger partial charge in [-0.3, -0.25) is 0 Å². The maximum atomic E-state index is 5.76. The zero-order chi connectivity index (χ0) is 14.9. The van der Waals surface area contributed by atoms with Crippen molar-refractivity contribution in [2.45, 2.75) is 39.3 Å². The smallest absolute Gasteiger partial charge is 0.153 e. The van der Waals surface area contributed by atoms with Crippen LogP contribution in [0.1, 0.15) is 27.2 Å². The molecule has 0 radical (unpaired) electrons. The highest BCUT2D eigenvalue weighted by Gasteiger charge is 2.48. The van der Waals surface area contributed by atoms with Crippen molar-refractivity contribution in [3.05, 3.63) is 36.8 Å². The molecule has 0 saturated heterocycles. The average Bonchev–Trinajstić information content (AvgIpc) is 3.01. The van der Waals surface area contributed by atoms with Crippen LogP contribution < -0.4 is 5.32 Å². The molecule has 1 N–H and O–H groups in total. The van der Waals surface area contributed by atoms with Crippen LogP contribution in [-0.2, 0) is 4.74 Å². The van der Waals surface area contributed by atoms with Gasteiger partial charge in [-0.25, -0.2) is 9.67 Å². The molecular weight excluding hydrogens is 264 g/mol. The highest BCUT2D eigenvalue weighted by atomic mass is 16.5. The molecular formula is C16H22N4O. The monoisotopic (exact) mass is 286 g/mol. The number of nitrogens with zero attached hydrogens (tertiary/aromatic N) is 3. The number of hydrogen-bond donors (Lipinski definition) is 1. The average molecular weight is 286 g/mol. The molecule has 21 heavy (non-hydrogen) atoms. The molecule has 0 bridgehead atoms. The number of rotatable bonds is 5. The van der Waals surface area contributed by atoms with Gasteiger partial charge >= 0.3 is 0 Å². The Balaban J connectivity index is 1.64. The first-order chi connectivity index (χ1) is 10.1. The minimum absolute atomic E-state index is 0.149. The predicted octanol–water partition coefficient (Wildman–Crippen LogP) is 2.88. The van der Waals surface area contributed by atoms with E-state index in [2.05, 4.69) is 36.2 Å². The summed E-state index contributed by atoms with van der Waals surface area (Å²) in [5.74, 6) is 0.825. The molecule has 0 spiro atoms. The van der Waals surface area contributed by atoms with Gasteiger partial charge in [-0.05, 0) is 31.5 Å². The van der Waals surface area contributed by atoms with Crippen molar-refractivity contribution in [1.29, 1.82) is 0 Å². The first kappa shape index (κ1) is 14.1. The van der Waals surface area contributed by atoms with E-state index in [0.29, 0.717) is 12.1 Å². The van der Waals surface area contributed by atoms with Gasteiger partial charge in [0.25, 0.3) is 0 Å². The summed E-state index contributed by atoms with van der Waals surface area (Å²) in [5.41, 5.74) is 1.19. The first-order valence-electron chi connectivity index (χ1n) is 7.45. The third-order valence-corrected chi connectivity index (χ3v) is 4.37. The van der Waals surface area contributed by atoms with E-state index in [4.69, 9.17) is 4.74 Å². The molecule has 2 atom stereocenters. The fraction of sp³-hybridized carbons (Fsp3) is 0.500. The van der Waals surface area contributed by atoms with Crippen LogP contribution in [0.5, 0.6) is 0 Å². The van der Waals surface area contributed by atoms with Crippen LogP contribution in [0.3, 0.4) is 0 Å². The molecule has 1 aliphatic rings. The second-order valence-electron chi connectivity index (χ2n) is 6.05. The summed E-state index contributed by atoms with van der Waals surface area (Å²) in [6.45, 7) is 7.33. The van der Waals surface area contributed by atoms with E-state index in [1.54, 1.807) is 10.9 Å². The molecule has 1 saturated carbocycles. The van der Waals surface area contributed by atoms with Gasteiger partial charge in [-0.1, -0.05) is 13.8 Å². The second-order valence-corrected chi connectivity index (χ2v) is 6.05. The van der Waals surface area contributed by atoms with Crippen molar-refractivity contribution in [3.63, 3.8) is 0 Å². The van der Waals surface area contributed by atoms with E-state index in [1.807, 2.05) is 30.6 Å². The number of pyridine rings is 1. The number of ether oxygens (including phenoxy) is 1. The SMILES string of the molecule is CCOC1CC(Nc2ccc(-n3cccn3)nc2)C1(C)C. The summed E-state index contributed by atoms with van der Waals surface area (Å²) in [5, 5.41) is 7.73. The Hall–Kier alpha value is -1.88. The van der Waals surface area contributed by atoms with Crippen LogP contribution in [0.2, 0.25) is 0 Å². The zero-order valence-corrected chi connectivity index (χ0v) is 12.8. The van der Waals surface area contributed by atoms with Gasteiger partial charge in [0.2, 0.25) is 0 Å². The molecule has 2 aromatic heterocycles. The van der Waals surface area contributed by atoms with Gasteiger partial charge in [0.15, 0.2) is 5.82 Å². The van der Waals surface area contributed by atoms with E-state index >= 15 is 0 Å². The predicted molar refractivity (Wildman–Crippen MR) is 82.6 cm³/mol. The Morgan fingerprint density at radius 3 is 2.86 bits per heavy atom. The minimum atomic E-state index is 0.149. The normalized spacial score (nSPS) is 23.6. The van der Waals surface area contributed by atoms with Crippen molar-refractivity contribution < 1.29 is 4.74 Å². The standard InChI is InChI=1S/C16H22N4O/c1-4-21-14-10-13(16(14,2)3)19-12-6-7-15(17-11-12)20-9-5-8-18-20/h5-9,11,13-14,19H,4,10H2,1-3H3. The van der Waals surface area contributed by atoms with Gasteiger partial charge in [-0.2, -0.15) is 5.10 Å². The number of anilines is 1. The third-order valence-electron chi connectivity index (χ3n) is 4.37. The van der Waals surface area contributed by atoms with Crippen LogP contribution >= 0.6 is 0 Å². The Morgan fingerprint density at radius 2 is 2.29 bits per heavy atom. The van der Waals surface area contributed by atoms with Crippen LogP contribution in [0.15, 0.2) is 36.8 Å². The van der Waals surface area contributed by atoms with Crippen molar-refractivity contribution in [3.8, 4) is 5.82 Å². The Labute approximate surface area is 125 Å². The Bertz CT molecular complexity index is 577. The lowest BCUT2D eigenvalue weighted by atomic mass is 9.64. The van der Waals surface area contributed by atoms with E-state index in [9.17, 15) is 0 Å². The third kappa shape index (κ3) is 2.65. The Kier molecular flexibility index (Phi) is 3.68. The summed E-state index contributed by atoms with van der Waals surface area (Å²) in [7, 11) is 0. The lowest BCUT2D eigenvalue weighted by Crippen LogP contribution is -2.58. The van der Waals surface area contributed by atoms with Crippen molar-refractivity contribution >= 4 is 5.69 Å². The van der Waals surface area contributed by atoms with Crippen LogP contribution in [0.25, 0.3) is 5.82 Å². The maximum absolute atomic E-state index is 5.76. The fourth-order valence-corrected chi connectivity index (χ4v) is 2.83. The molecule has 0 amide bonds. The number of hydrogen-bond acceptors (Lipinski definition) is 4. The van der Waals surface area contributed by atoms with Gasteiger partial charge in [0, 0.05) is 30.5 Å². The molecule has 5 heteroatoms. The molecule has 5 nitrogen and oxygen atoms in total. The summed E-state index contributed by atoms with van der Waals surface area (Å²) >= 11 is 0. The topological polar surface area (TPSA) is 52.0 Å². The number of nitrogens with one attached hydrogen (secondary N) is 1. The highest BCUT2D eigenvalue weighted by Crippen LogP contribution is 2.44. The molecule has 2 unspecified atom stereocenters. The quantitative estimate of drug-likeness (QED) is 0.918. The Morgan fingerprint density at radius 1 is 1.43 bits per heavy atom. The molecule has 1 fully saturated rings. The molecule has 2 heterocycles. The van der Waals surface area contributed by atoms with Crippen LogP contribution in [-0.4, -0.2) is 33.5 Å². The summed E-state index contributed by atoms with van der Waals surface area (Å²) in [6, 6.07) is 6.33. The van der Waals surface area contributed by atoms with Crippen LogP contribution in [0, 0.1) is 5.41 Å². The van der Waals surface area contributed by atoms with Gasteiger partial charge < -0.3 is 10.1 Å². The lowest BCUT2D eigenvalue weighted by Gasteiger charge is -2.52. The van der Waals surface area contributed by atoms with Crippen molar-refractivity contribution in [1.82, 2.24) is 14.8 Å². The van der Waals surface area contributed by atoms with E-state index in [-0.39, 0.29) is 5.41 Å². The molecule has 0 aliphatic heterocycles. The van der Waals surface area contributed by atoms with E-state index < -0.39 is 0 Å². The zero-order valence-electron chi connectivity index (χ0n) is 12.8. The van der Waals surface area contributed by atoms with E-state index in [0.717, 1.165) is 24.5 Å². The van der Waals surface area contributed by atoms with Gasteiger partial charge in [0.05, 0.1) is 18.0 Å². The summed E-state index contributed by atoms with van der Waals surface area (Å²) in [4.78, 5) is 4.44. The fourth-order valence-electron chi connectivity index (χ4n) is 2.83. The molecule has 3 rings (SSSR count). The summed E-state index contributed by atoms with van der Waals surface area (Å²) < 4.78 is 7.51. The molecule has 1 aliphatic carbocycles. The lowest BCUT2D eigenvalue weighted by molar-refractivity contribution is -0.0976. The molecule has 112 valence electrons. The highest BCUT2D eigenvalue weighted by molar-refractivity contribution is 5.45. The largest absolute Gasteiger partial charge is 0.380 e. The van der Waals surface area contributed by atoms with Crippen LogP contribution in [0.4, 0.5) is 5.69 Å². The van der Waals surface area contributed by atoms with Gasteiger partial charge in [-0.15, -0.1) is 0 Å². The van der Waals surface area contributed by atoms with E-state index in [1.165, 1.54) is 0 Å². The van der Waals surface area contributed by atoms with Crippen molar-refractivity contribution in [2.75, 3.05) is 11.9 Å². The maximum Gasteiger partial charge on any atom is 0.153 e. The minimum Gasteiger partial charge on any atom is -0.380 e. The molecule has 2 aromatic rings. The van der Waals surface area contributed by atoms with Crippen molar-refractivity contribution in [2.24, 2.45) is 5.41 Å². The first-order valence-corrected chi connectivity index (χ1v) is 7.45. The summed E-state index contributed by atoms with van der Waals surface area (Å²) in [6.07, 6.45) is 6.88. The van der Waals surface area contributed by atoms with Gasteiger partial charge in [0.1, 0.15) is 0 Å².